The summed E-state index contributed by atoms with van der Waals surface area (Å²) in [6.45, 7) is 1.39. The molecule has 0 saturated carbocycles. The largest absolute Gasteiger partial charge is 0.460 e. The van der Waals surface area contributed by atoms with Gasteiger partial charge in [-0.05, 0) is 40.8 Å². The molecule has 0 saturated heterocycles. The zero-order valence-corrected chi connectivity index (χ0v) is 14.4. The summed E-state index contributed by atoms with van der Waals surface area (Å²) in [5.41, 5.74) is 0.748. The fourth-order valence-corrected chi connectivity index (χ4v) is 2.97. The molecule has 2 aromatic heterocycles. The maximum Gasteiger partial charge on any atom is 0.209 e. The van der Waals surface area contributed by atoms with Gasteiger partial charge in [0.2, 0.25) is 5.16 Å². The molecule has 0 radical (unpaired) electrons. The van der Waals surface area contributed by atoms with Gasteiger partial charge in [0.15, 0.2) is 0 Å². The van der Waals surface area contributed by atoms with Crippen molar-refractivity contribution in [2.75, 3.05) is 12.3 Å². The van der Waals surface area contributed by atoms with Gasteiger partial charge in [-0.3, -0.25) is 0 Å². The van der Waals surface area contributed by atoms with Gasteiger partial charge in [0.05, 0.1) is 11.6 Å². The predicted octanol–water partition coefficient (Wildman–Crippen LogP) is 3.14. The average molecular weight is 368 g/mol. The predicted molar refractivity (Wildman–Crippen MR) is 90.3 cm³/mol. The number of tetrazole rings is 1. The molecular weight excluding hydrogens is 353 g/mol. The SMILES string of the molecule is Cn1nnnc1SCCNCc1ccc(-c2ccc(F)c(Cl)c2)o1. The fourth-order valence-electron chi connectivity index (χ4n) is 2.05. The van der Waals surface area contributed by atoms with Crippen molar-refractivity contribution >= 4 is 23.4 Å². The molecule has 0 spiro atoms. The highest BCUT2D eigenvalue weighted by atomic mass is 35.5. The zero-order chi connectivity index (χ0) is 16.9. The molecule has 6 nitrogen and oxygen atoms in total. The molecule has 24 heavy (non-hydrogen) atoms. The Labute approximate surface area is 147 Å². The van der Waals surface area contributed by atoms with Gasteiger partial charge < -0.3 is 9.73 Å². The molecule has 0 atom stereocenters. The molecule has 9 heteroatoms. The number of nitrogens with one attached hydrogen (secondary N) is 1. The van der Waals surface area contributed by atoms with E-state index in [1.807, 2.05) is 19.2 Å². The van der Waals surface area contributed by atoms with Crippen LogP contribution in [0.25, 0.3) is 11.3 Å². The molecule has 0 amide bonds. The second-order valence-electron chi connectivity index (χ2n) is 5.01. The highest BCUT2D eigenvalue weighted by Crippen LogP contribution is 2.26. The fraction of sp³-hybridized carbons (Fsp3) is 0.267. The van der Waals surface area contributed by atoms with E-state index >= 15 is 0 Å². The lowest BCUT2D eigenvalue weighted by Crippen LogP contribution is -2.16. The Bertz CT molecular complexity index is 822. The average Bonchev–Trinajstić information content (AvgIpc) is 3.19. The molecule has 3 aromatic rings. The summed E-state index contributed by atoms with van der Waals surface area (Å²) < 4.78 is 20.6. The minimum atomic E-state index is -0.440. The summed E-state index contributed by atoms with van der Waals surface area (Å²) in [5.74, 6) is 1.86. The monoisotopic (exact) mass is 367 g/mol. The second-order valence-corrected chi connectivity index (χ2v) is 6.47. The Morgan fingerprint density at radius 2 is 2.21 bits per heavy atom. The topological polar surface area (TPSA) is 68.8 Å². The van der Waals surface area contributed by atoms with Crippen LogP contribution < -0.4 is 5.32 Å². The van der Waals surface area contributed by atoms with Crippen molar-refractivity contribution in [3.05, 3.63) is 46.9 Å². The van der Waals surface area contributed by atoms with Crippen LogP contribution in [-0.4, -0.2) is 32.5 Å². The van der Waals surface area contributed by atoms with Crippen molar-refractivity contribution in [3.63, 3.8) is 0 Å². The Kier molecular flexibility index (Phi) is 5.49. The lowest BCUT2D eigenvalue weighted by molar-refractivity contribution is 0.499. The Morgan fingerprint density at radius 3 is 2.96 bits per heavy atom. The van der Waals surface area contributed by atoms with Crippen LogP contribution in [0, 0.1) is 5.82 Å². The van der Waals surface area contributed by atoms with E-state index in [0.717, 1.165) is 28.8 Å². The Hall–Kier alpha value is -1.90. The molecule has 0 unspecified atom stereocenters. The maximum absolute atomic E-state index is 13.2. The quantitative estimate of drug-likeness (QED) is 0.511. The summed E-state index contributed by atoms with van der Waals surface area (Å²) >= 11 is 7.37. The van der Waals surface area contributed by atoms with Crippen LogP contribution in [0.2, 0.25) is 5.02 Å². The third-order valence-corrected chi connectivity index (χ3v) is 4.56. The van der Waals surface area contributed by atoms with Crippen LogP contribution in [0.3, 0.4) is 0 Å². The summed E-state index contributed by atoms with van der Waals surface area (Å²) in [7, 11) is 1.81. The first-order chi connectivity index (χ1) is 11.6. The number of rotatable bonds is 7. The van der Waals surface area contributed by atoms with E-state index in [2.05, 4.69) is 20.8 Å². The third-order valence-electron chi connectivity index (χ3n) is 3.26. The van der Waals surface area contributed by atoms with Crippen LogP contribution in [0.4, 0.5) is 4.39 Å². The molecule has 2 heterocycles. The van der Waals surface area contributed by atoms with Gasteiger partial charge in [0.25, 0.3) is 0 Å². The van der Waals surface area contributed by atoms with Gasteiger partial charge in [-0.1, -0.05) is 23.4 Å². The van der Waals surface area contributed by atoms with Crippen LogP contribution in [0.15, 0.2) is 39.9 Å². The molecular formula is C15H15ClFN5OS. The first-order valence-corrected chi connectivity index (χ1v) is 8.60. The minimum absolute atomic E-state index is 0.0823. The van der Waals surface area contributed by atoms with E-state index in [9.17, 15) is 4.39 Å². The summed E-state index contributed by atoms with van der Waals surface area (Å²) in [5, 5.41) is 15.4. The minimum Gasteiger partial charge on any atom is -0.460 e. The molecule has 3 rings (SSSR count). The Morgan fingerprint density at radius 1 is 1.33 bits per heavy atom. The second kappa shape index (κ2) is 7.78. The summed E-state index contributed by atoms with van der Waals surface area (Å²) in [6.07, 6.45) is 0. The van der Waals surface area contributed by atoms with E-state index in [1.54, 1.807) is 28.6 Å². The van der Waals surface area contributed by atoms with E-state index in [-0.39, 0.29) is 5.02 Å². The molecule has 1 aromatic carbocycles. The number of hydrogen-bond acceptors (Lipinski definition) is 6. The van der Waals surface area contributed by atoms with Gasteiger partial charge >= 0.3 is 0 Å². The van der Waals surface area contributed by atoms with Gasteiger partial charge in [-0.25, -0.2) is 9.07 Å². The number of furan rings is 1. The zero-order valence-electron chi connectivity index (χ0n) is 12.9. The number of aromatic nitrogens is 4. The first kappa shape index (κ1) is 16.9. The molecule has 1 N–H and O–H groups in total. The van der Waals surface area contributed by atoms with Crippen LogP contribution in [-0.2, 0) is 13.6 Å². The number of aryl methyl sites for hydroxylation is 1. The molecule has 0 fully saturated rings. The van der Waals surface area contributed by atoms with Crippen molar-refractivity contribution in [3.8, 4) is 11.3 Å². The maximum atomic E-state index is 13.2. The highest BCUT2D eigenvalue weighted by molar-refractivity contribution is 7.99. The summed E-state index contributed by atoms with van der Waals surface area (Å²) in [4.78, 5) is 0. The van der Waals surface area contributed by atoms with Gasteiger partial charge in [-0.2, -0.15) is 0 Å². The Balaban J connectivity index is 1.47. The van der Waals surface area contributed by atoms with Crippen LogP contribution in [0.1, 0.15) is 5.76 Å². The van der Waals surface area contributed by atoms with E-state index < -0.39 is 5.82 Å². The highest BCUT2D eigenvalue weighted by Gasteiger charge is 2.08. The third kappa shape index (κ3) is 4.14. The summed E-state index contributed by atoms with van der Waals surface area (Å²) in [6, 6.07) is 8.26. The van der Waals surface area contributed by atoms with Gasteiger partial charge in [0, 0.05) is 24.9 Å². The molecule has 0 aliphatic rings. The number of nitrogens with zero attached hydrogens (tertiary/aromatic N) is 4. The van der Waals surface area contributed by atoms with Crippen molar-refractivity contribution < 1.29 is 8.81 Å². The normalized spacial score (nSPS) is 11.1. The van der Waals surface area contributed by atoms with Crippen molar-refractivity contribution in [2.45, 2.75) is 11.7 Å². The standard InChI is InChI=1S/C15H15ClFN5OS/c1-22-15(19-20-21-22)24-7-6-18-9-11-3-5-14(23-11)10-2-4-13(17)12(16)8-10/h2-5,8,18H,6-7,9H2,1H3. The van der Waals surface area contributed by atoms with E-state index in [0.29, 0.717) is 12.3 Å². The number of thioether (sulfide) groups is 1. The molecule has 0 bridgehead atoms. The van der Waals surface area contributed by atoms with Crippen molar-refractivity contribution in [2.24, 2.45) is 7.05 Å². The van der Waals surface area contributed by atoms with Crippen molar-refractivity contribution in [1.29, 1.82) is 0 Å². The smallest absolute Gasteiger partial charge is 0.209 e. The first-order valence-electron chi connectivity index (χ1n) is 7.23. The lowest BCUT2D eigenvalue weighted by atomic mass is 10.2. The van der Waals surface area contributed by atoms with Crippen molar-refractivity contribution in [1.82, 2.24) is 25.5 Å². The van der Waals surface area contributed by atoms with E-state index in [4.69, 9.17) is 16.0 Å². The van der Waals surface area contributed by atoms with E-state index in [1.165, 1.54) is 6.07 Å². The number of halogens is 2. The molecule has 0 aliphatic heterocycles. The molecule has 126 valence electrons. The van der Waals surface area contributed by atoms with Gasteiger partial charge in [0.1, 0.15) is 17.3 Å². The lowest BCUT2D eigenvalue weighted by Gasteiger charge is -2.02. The van der Waals surface area contributed by atoms with Crippen LogP contribution in [0.5, 0.6) is 0 Å². The van der Waals surface area contributed by atoms with Crippen LogP contribution >= 0.6 is 23.4 Å². The number of benzene rings is 1. The molecule has 0 aliphatic carbocycles. The van der Waals surface area contributed by atoms with Gasteiger partial charge in [-0.15, -0.1) is 5.10 Å². The number of hydrogen-bond donors (Lipinski definition) is 1.